The molecule has 1 N–H and O–H groups in total. The lowest BCUT2D eigenvalue weighted by Crippen LogP contribution is -2.24. The van der Waals surface area contributed by atoms with Crippen LogP contribution in [-0.2, 0) is 14.3 Å². The Labute approximate surface area is 157 Å². The third-order valence-electron chi connectivity index (χ3n) is 6.05. The lowest BCUT2D eigenvalue weighted by molar-refractivity contribution is -0.148. The Balaban J connectivity index is 1.28. The standard InChI is InChI=1S/C20H22N2O5/c1-22-19(25)15-5-4-14(9-16(15)20(22)26)21-17(23)10-27-18(24)8-13-7-11-2-3-12(13)6-11/h4-5,9,11-13H,2-3,6-8,10H2,1H3,(H,21,23)/t11-,12-,13+/m0/s1. The van der Waals surface area contributed by atoms with Crippen LogP contribution < -0.4 is 5.32 Å². The van der Waals surface area contributed by atoms with Gasteiger partial charge in [-0.1, -0.05) is 6.42 Å². The molecule has 27 heavy (non-hydrogen) atoms. The van der Waals surface area contributed by atoms with Crippen LogP contribution in [0.5, 0.6) is 0 Å². The number of fused-ring (bicyclic) bond motifs is 3. The van der Waals surface area contributed by atoms with Gasteiger partial charge in [-0.25, -0.2) is 0 Å². The average Bonchev–Trinajstić information content (AvgIpc) is 3.32. The maximum Gasteiger partial charge on any atom is 0.306 e. The molecule has 4 rings (SSSR count). The Bertz CT molecular complexity index is 834. The third kappa shape index (κ3) is 3.34. The summed E-state index contributed by atoms with van der Waals surface area (Å²) in [6.45, 7) is -0.358. The van der Waals surface area contributed by atoms with Crippen molar-refractivity contribution in [3.05, 3.63) is 29.3 Å². The fourth-order valence-corrected chi connectivity index (χ4v) is 4.68. The van der Waals surface area contributed by atoms with Gasteiger partial charge < -0.3 is 10.1 Å². The van der Waals surface area contributed by atoms with Crippen molar-refractivity contribution in [1.29, 1.82) is 0 Å². The molecule has 3 atom stereocenters. The molecule has 1 heterocycles. The number of nitrogens with zero attached hydrogens (tertiary/aromatic N) is 1. The number of carbonyl (C=O) groups excluding carboxylic acids is 4. The van der Waals surface area contributed by atoms with Gasteiger partial charge in [-0.15, -0.1) is 0 Å². The summed E-state index contributed by atoms with van der Waals surface area (Å²) in [5, 5.41) is 2.60. The summed E-state index contributed by atoms with van der Waals surface area (Å²) in [5.41, 5.74) is 0.964. The van der Waals surface area contributed by atoms with Crippen LogP contribution in [0.3, 0.4) is 0 Å². The number of hydrogen-bond donors (Lipinski definition) is 1. The van der Waals surface area contributed by atoms with Crippen LogP contribution in [0.1, 0.15) is 52.8 Å². The second-order valence-electron chi connectivity index (χ2n) is 7.78. The Morgan fingerprint density at radius 2 is 1.93 bits per heavy atom. The predicted octanol–water partition coefficient (Wildman–Crippen LogP) is 2.22. The Kier molecular flexibility index (Phi) is 4.45. The molecule has 0 unspecified atom stereocenters. The third-order valence-corrected chi connectivity index (χ3v) is 6.05. The van der Waals surface area contributed by atoms with E-state index in [-0.39, 0.29) is 24.0 Å². The Hall–Kier alpha value is -2.70. The maximum atomic E-state index is 12.0. The summed E-state index contributed by atoms with van der Waals surface area (Å²) < 4.78 is 5.11. The summed E-state index contributed by atoms with van der Waals surface area (Å²) >= 11 is 0. The van der Waals surface area contributed by atoms with E-state index >= 15 is 0 Å². The minimum atomic E-state index is -0.471. The summed E-state index contributed by atoms with van der Waals surface area (Å²) in [6, 6.07) is 4.53. The van der Waals surface area contributed by atoms with Crippen LogP contribution in [-0.4, -0.2) is 42.2 Å². The number of ether oxygens (including phenoxy) is 1. The first-order valence-corrected chi connectivity index (χ1v) is 9.34. The lowest BCUT2D eigenvalue weighted by Gasteiger charge is -2.20. The molecule has 2 aliphatic carbocycles. The summed E-state index contributed by atoms with van der Waals surface area (Å²) in [6.07, 6.45) is 5.20. The van der Waals surface area contributed by atoms with E-state index in [1.807, 2.05) is 0 Å². The molecule has 1 aromatic rings. The van der Waals surface area contributed by atoms with Crippen LogP contribution in [0.15, 0.2) is 18.2 Å². The maximum absolute atomic E-state index is 12.0. The van der Waals surface area contributed by atoms with Gasteiger partial charge in [0.1, 0.15) is 0 Å². The molecular weight excluding hydrogens is 348 g/mol. The number of carbonyl (C=O) groups is 4. The minimum absolute atomic E-state index is 0.258. The number of rotatable bonds is 5. The SMILES string of the molecule is CN1C(=O)c2ccc(NC(=O)COC(=O)C[C@H]3C[C@H]4CC[C@H]3C4)cc2C1=O. The molecule has 2 fully saturated rings. The van der Waals surface area contributed by atoms with Crippen molar-refractivity contribution in [2.45, 2.75) is 32.1 Å². The van der Waals surface area contributed by atoms with Crippen LogP contribution in [0, 0.1) is 17.8 Å². The van der Waals surface area contributed by atoms with Gasteiger partial charge in [-0.3, -0.25) is 24.1 Å². The summed E-state index contributed by atoms with van der Waals surface area (Å²) in [5.74, 6) is 0.244. The second kappa shape index (κ2) is 6.79. The van der Waals surface area contributed by atoms with Gasteiger partial charge in [0, 0.05) is 19.2 Å². The highest BCUT2D eigenvalue weighted by Crippen LogP contribution is 2.49. The molecule has 2 saturated carbocycles. The molecule has 3 amide bonds. The van der Waals surface area contributed by atoms with Gasteiger partial charge in [0.2, 0.25) is 0 Å². The van der Waals surface area contributed by atoms with Gasteiger partial charge in [0.25, 0.3) is 17.7 Å². The number of anilines is 1. The van der Waals surface area contributed by atoms with Crippen LogP contribution in [0.2, 0.25) is 0 Å². The number of nitrogens with one attached hydrogen (secondary N) is 1. The predicted molar refractivity (Wildman–Crippen MR) is 96.0 cm³/mol. The first kappa shape index (κ1) is 17.7. The number of imide groups is 1. The molecular formula is C20H22N2O5. The van der Waals surface area contributed by atoms with Crippen molar-refractivity contribution in [2.75, 3.05) is 19.0 Å². The van der Waals surface area contributed by atoms with Gasteiger partial charge >= 0.3 is 5.97 Å². The smallest absolute Gasteiger partial charge is 0.306 e. The molecule has 3 aliphatic rings. The molecule has 0 radical (unpaired) electrons. The monoisotopic (exact) mass is 370 g/mol. The van der Waals surface area contributed by atoms with E-state index in [0.29, 0.717) is 29.5 Å². The highest BCUT2D eigenvalue weighted by atomic mass is 16.5. The quantitative estimate of drug-likeness (QED) is 0.634. The molecule has 7 heteroatoms. The molecule has 1 aliphatic heterocycles. The highest BCUT2D eigenvalue weighted by Gasteiger charge is 2.40. The highest BCUT2D eigenvalue weighted by molar-refractivity contribution is 6.21. The largest absolute Gasteiger partial charge is 0.456 e. The van der Waals surface area contributed by atoms with E-state index in [2.05, 4.69) is 5.32 Å². The molecule has 0 spiro atoms. The zero-order valence-corrected chi connectivity index (χ0v) is 15.2. The fraction of sp³-hybridized carbons (Fsp3) is 0.500. The number of amides is 3. The van der Waals surface area contributed by atoms with E-state index in [0.717, 1.165) is 17.2 Å². The first-order valence-electron chi connectivity index (χ1n) is 9.34. The number of benzene rings is 1. The van der Waals surface area contributed by atoms with Crippen molar-refractivity contribution in [1.82, 2.24) is 4.90 Å². The molecule has 1 aromatic carbocycles. The van der Waals surface area contributed by atoms with Crippen molar-refractivity contribution in [3.63, 3.8) is 0 Å². The Morgan fingerprint density at radius 3 is 2.63 bits per heavy atom. The molecule has 2 bridgehead atoms. The van der Waals surface area contributed by atoms with Crippen molar-refractivity contribution >= 4 is 29.4 Å². The van der Waals surface area contributed by atoms with E-state index in [4.69, 9.17) is 4.74 Å². The zero-order chi connectivity index (χ0) is 19.1. The van der Waals surface area contributed by atoms with E-state index in [1.165, 1.54) is 38.4 Å². The number of esters is 1. The van der Waals surface area contributed by atoms with Crippen LogP contribution in [0.25, 0.3) is 0 Å². The lowest BCUT2D eigenvalue weighted by atomic mass is 9.86. The van der Waals surface area contributed by atoms with Gasteiger partial charge in [0.15, 0.2) is 6.61 Å². The topological polar surface area (TPSA) is 92.8 Å². The van der Waals surface area contributed by atoms with Gasteiger partial charge in [0.05, 0.1) is 11.1 Å². The second-order valence-corrected chi connectivity index (χ2v) is 7.78. The van der Waals surface area contributed by atoms with Crippen molar-refractivity contribution < 1.29 is 23.9 Å². The summed E-state index contributed by atoms with van der Waals surface area (Å²) in [4.78, 5) is 49.0. The van der Waals surface area contributed by atoms with Crippen LogP contribution >= 0.6 is 0 Å². The normalized spacial score (nSPS) is 25.7. The van der Waals surface area contributed by atoms with Gasteiger partial charge in [-0.05, 0) is 55.2 Å². The van der Waals surface area contributed by atoms with Crippen LogP contribution in [0.4, 0.5) is 5.69 Å². The van der Waals surface area contributed by atoms with Crippen molar-refractivity contribution in [3.8, 4) is 0 Å². The molecule has 142 valence electrons. The summed E-state index contributed by atoms with van der Waals surface area (Å²) in [7, 11) is 1.42. The van der Waals surface area contributed by atoms with Crippen molar-refractivity contribution in [2.24, 2.45) is 17.8 Å². The fourth-order valence-electron chi connectivity index (χ4n) is 4.68. The molecule has 0 saturated heterocycles. The van der Waals surface area contributed by atoms with Gasteiger partial charge in [-0.2, -0.15) is 0 Å². The Morgan fingerprint density at radius 1 is 1.15 bits per heavy atom. The minimum Gasteiger partial charge on any atom is -0.456 e. The number of hydrogen-bond acceptors (Lipinski definition) is 5. The zero-order valence-electron chi connectivity index (χ0n) is 15.2. The molecule has 7 nitrogen and oxygen atoms in total. The first-order chi connectivity index (χ1) is 12.9. The molecule has 0 aromatic heterocycles. The van der Waals surface area contributed by atoms with E-state index in [1.54, 1.807) is 6.07 Å². The van der Waals surface area contributed by atoms with E-state index < -0.39 is 11.8 Å². The van der Waals surface area contributed by atoms with E-state index in [9.17, 15) is 19.2 Å². The average molecular weight is 370 g/mol.